The van der Waals surface area contributed by atoms with Crippen molar-refractivity contribution < 1.29 is 15.0 Å². The maximum atomic E-state index is 12.2. The normalized spacial score (nSPS) is 13.7. The van der Waals surface area contributed by atoms with Gasteiger partial charge < -0.3 is 25.5 Å². The summed E-state index contributed by atoms with van der Waals surface area (Å²) in [5.74, 6) is -0.513. The number of amides is 1. The molecule has 2 unspecified atom stereocenters. The molecule has 1 amide bonds. The molecule has 7 nitrogen and oxygen atoms in total. The average Bonchev–Trinajstić information content (AvgIpc) is 3.30. The zero-order valence-corrected chi connectivity index (χ0v) is 15.6. The van der Waals surface area contributed by atoms with Gasteiger partial charge in [0.05, 0.1) is 11.0 Å². The summed E-state index contributed by atoms with van der Waals surface area (Å²) in [5, 5.41) is 24.8. The van der Waals surface area contributed by atoms with E-state index in [4.69, 9.17) is 11.6 Å². The topological polar surface area (TPSA) is 114 Å². The van der Waals surface area contributed by atoms with Crippen molar-refractivity contribution in [2.24, 2.45) is 0 Å². The number of aromatic amines is 2. The first-order valence-corrected chi connectivity index (χ1v) is 9.25. The molecule has 0 aliphatic heterocycles. The van der Waals surface area contributed by atoms with E-state index >= 15 is 0 Å². The molecule has 0 aliphatic carbocycles. The highest BCUT2D eigenvalue weighted by atomic mass is 35.5. The molecule has 0 aliphatic rings. The van der Waals surface area contributed by atoms with Crippen molar-refractivity contribution in [2.45, 2.75) is 18.6 Å². The number of aliphatic hydroxyl groups is 2. The monoisotopic (exact) mass is 398 g/mol. The van der Waals surface area contributed by atoms with Crippen LogP contribution in [0.5, 0.6) is 0 Å². The molecular formula is C20H19ClN4O3. The molecule has 0 saturated carbocycles. The van der Waals surface area contributed by atoms with E-state index in [9.17, 15) is 15.0 Å². The molecule has 2 heterocycles. The van der Waals surface area contributed by atoms with Crippen molar-refractivity contribution in [1.29, 1.82) is 0 Å². The first-order chi connectivity index (χ1) is 13.5. The number of hydrogen-bond donors (Lipinski definition) is 5. The third kappa shape index (κ3) is 3.60. The number of carbonyl (C=O) groups excluding carboxylic acids is 1. The highest BCUT2D eigenvalue weighted by Gasteiger charge is 2.28. The molecule has 8 heteroatoms. The van der Waals surface area contributed by atoms with Gasteiger partial charge in [-0.05, 0) is 42.3 Å². The molecule has 2 aromatic heterocycles. The predicted octanol–water partition coefficient (Wildman–Crippen LogP) is 2.45. The van der Waals surface area contributed by atoms with Gasteiger partial charge >= 0.3 is 0 Å². The van der Waals surface area contributed by atoms with Crippen LogP contribution in [0.2, 0.25) is 5.02 Å². The van der Waals surface area contributed by atoms with Gasteiger partial charge in [0.25, 0.3) is 5.91 Å². The fraction of sp³-hybridized carbons (Fsp3) is 0.200. The van der Waals surface area contributed by atoms with Crippen molar-refractivity contribution >= 4 is 39.4 Å². The SMILES string of the molecule is O=C(NCCc1c[nH]c2ccc(Cl)cc12)C(O)C(O)c1nc2ccccc2[nH]1. The molecule has 0 bridgehead atoms. The lowest BCUT2D eigenvalue weighted by atomic mass is 10.1. The van der Waals surface area contributed by atoms with Gasteiger partial charge in [0.1, 0.15) is 11.9 Å². The van der Waals surface area contributed by atoms with E-state index in [-0.39, 0.29) is 5.82 Å². The predicted molar refractivity (Wildman–Crippen MR) is 107 cm³/mol. The summed E-state index contributed by atoms with van der Waals surface area (Å²) in [7, 11) is 0. The standard InChI is InChI=1S/C20H19ClN4O3/c21-12-5-6-14-13(9-12)11(10-23-14)7-8-22-20(28)18(27)17(26)19-24-15-3-1-2-4-16(15)25-19/h1-6,9-10,17-18,23,26-27H,7-8H2,(H,22,28)(H,24,25). The van der Waals surface area contributed by atoms with Gasteiger partial charge in [0, 0.05) is 28.7 Å². The Morgan fingerprint density at radius 1 is 1.18 bits per heavy atom. The Kier molecular flexibility index (Phi) is 5.04. The molecule has 5 N–H and O–H groups in total. The van der Waals surface area contributed by atoms with Crippen molar-refractivity contribution in [2.75, 3.05) is 6.54 Å². The number of H-pyrrole nitrogens is 2. The Morgan fingerprint density at radius 2 is 2.00 bits per heavy atom. The van der Waals surface area contributed by atoms with Crippen molar-refractivity contribution in [3.05, 3.63) is 65.1 Å². The summed E-state index contributed by atoms with van der Waals surface area (Å²) >= 11 is 6.04. The largest absolute Gasteiger partial charge is 0.382 e. The Hall–Kier alpha value is -2.87. The first kappa shape index (κ1) is 18.5. The van der Waals surface area contributed by atoms with Gasteiger partial charge in [-0.3, -0.25) is 4.79 Å². The minimum absolute atomic E-state index is 0.148. The minimum atomic E-state index is -1.63. The maximum Gasteiger partial charge on any atom is 0.252 e. The van der Waals surface area contributed by atoms with Crippen molar-refractivity contribution in [3.63, 3.8) is 0 Å². The molecular weight excluding hydrogens is 380 g/mol. The van der Waals surface area contributed by atoms with Gasteiger partial charge in [-0.1, -0.05) is 23.7 Å². The smallest absolute Gasteiger partial charge is 0.252 e. The van der Waals surface area contributed by atoms with Gasteiger partial charge in [0.15, 0.2) is 6.10 Å². The quantitative estimate of drug-likeness (QED) is 0.343. The summed E-state index contributed by atoms with van der Waals surface area (Å²) in [6, 6.07) is 12.8. The van der Waals surface area contributed by atoms with Crippen LogP contribution in [0.4, 0.5) is 0 Å². The Bertz CT molecular complexity index is 1100. The van der Waals surface area contributed by atoms with Crippen molar-refractivity contribution in [1.82, 2.24) is 20.3 Å². The van der Waals surface area contributed by atoms with Gasteiger partial charge in [-0.15, -0.1) is 0 Å². The number of aromatic nitrogens is 3. The molecule has 2 aromatic carbocycles. The molecule has 28 heavy (non-hydrogen) atoms. The zero-order valence-electron chi connectivity index (χ0n) is 14.8. The molecule has 0 fully saturated rings. The van der Waals surface area contributed by atoms with E-state index in [2.05, 4.69) is 20.3 Å². The van der Waals surface area contributed by atoms with Crippen molar-refractivity contribution in [3.8, 4) is 0 Å². The summed E-state index contributed by atoms with van der Waals surface area (Å²) in [5.41, 5.74) is 3.35. The number of nitrogens with zero attached hydrogens (tertiary/aromatic N) is 1. The lowest BCUT2D eigenvalue weighted by molar-refractivity contribution is -0.135. The third-order valence-corrected chi connectivity index (χ3v) is 4.91. The van der Waals surface area contributed by atoms with E-state index in [1.54, 1.807) is 12.1 Å². The van der Waals surface area contributed by atoms with Gasteiger partial charge in [-0.2, -0.15) is 0 Å². The van der Waals surface area contributed by atoms with Crippen LogP contribution in [-0.2, 0) is 11.2 Å². The Labute approximate surface area is 165 Å². The third-order valence-electron chi connectivity index (χ3n) is 4.68. The second kappa shape index (κ2) is 7.63. The number of hydrogen-bond acceptors (Lipinski definition) is 4. The maximum absolute atomic E-state index is 12.2. The van der Waals surface area contributed by atoms with Gasteiger partial charge in [0.2, 0.25) is 0 Å². The second-order valence-electron chi connectivity index (χ2n) is 6.57. The van der Waals surface area contributed by atoms with Crippen LogP contribution in [0.15, 0.2) is 48.7 Å². The van der Waals surface area contributed by atoms with E-state index in [0.29, 0.717) is 23.5 Å². The van der Waals surface area contributed by atoms with Crippen LogP contribution < -0.4 is 5.32 Å². The summed E-state index contributed by atoms with van der Waals surface area (Å²) in [6.45, 7) is 0.308. The Morgan fingerprint density at radius 3 is 2.82 bits per heavy atom. The molecule has 0 spiro atoms. The van der Waals surface area contributed by atoms with Crippen LogP contribution in [-0.4, -0.2) is 43.7 Å². The Balaban J connectivity index is 1.38. The lowest BCUT2D eigenvalue weighted by Gasteiger charge is -2.15. The van der Waals surface area contributed by atoms with E-state index in [0.717, 1.165) is 22.0 Å². The van der Waals surface area contributed by atoms with Crippen LogP contribution in [0, 0.1) is 0 Å². The fourth-order valence-electron chi connectivity index (χ4n) is 3.19. The van der Waals surface area contributed by atoms with E-state index < -0.39 is 18.1 Å². The average molecular weight is 399 g/mol. The van der Waals surface area contributed by atoms with Crippen LogP contribution in [0.25, 0.3) is 21.9 Å². The number of aliphatic hydroxyl groups excluding tert-OH is 2. The highest BCUT2D eigenvalue weighted by molar-refractivity contribution is 6.31. The second-order valence-corrected chi connectivity index (χ2v) is 7.01. The van der Waals surface area contributed by atoms with E-state index in [1.807, 2.05) is 36.5 Å². The summed E-state index contributed by atoms with van der Waals surface area (Å²) in [4.78, 5) is 22.5. The molecule has 0 saturated heterocycles. The molecule has 4 rings (SSSR count). The minimum Gasteiger partial charge on any atom is -0.382 e. The number of imidazole rings is 1. The van der Waals surface area contributed by atoms with Crippen LogP contribution in [0.1, 0.15) is 17.5 Å². The fourth-order valence-corrected chi connectivity index (χ4v) is 3.36. The number of nitrogens with one attached hydrogen (secondary N) is 3. The summed E-state index contributed by atoms with van der Waals surface area (Å²) in [6.07, 6.45) is -0.649. The number of fused-ring (bicyclic) bond motifs is 2. The number of halogens is 1. The van der Waals surface area contributed by atoms with Crippen LogP contribution in [0.3, 0.4) is 0 Å². The molecule has 0 radical (unpaired) electrons. The van der Waals surface area contributed by atoms with Gasteiger partial charge in [-0.25, -0.2) is 4.98 Å². The lowest BCUT2D eigenvalue weighted by Crippen LogP contribution is -2.39. The summed E-state index contributed by atoms with van der Waals surface area (Å²) < 4.78 is 0. The van der Waals surface area contributed by atoms with E-state index in [1.165, 1.54) is 0 Å². The molecule has 2 atom stereocenters. The number of para-hydroxylation sites is 2. The number of carbonyl (C=O) groups is 1. The molecule has 4 aromatic rings. The number of rotatable bonds is 6. The highest BCUT2D eigenvalue weighted by Crippen LogP contribution is 2.23. The van der Waals surface area contributed by atoms with Crippen LogP contribution >= 0.6 is 11.6 Å². The molecule has 144 valence electrons. The first-order valence-electron chi connectivity index (χ1n) is 8.87. The number of benzene rings is 2. The zero-order chi connectivity index (χ0) is 19.7.